The molecule has 1 aromatic carbocycles. The van der Waals surface area contributed by atoms with Gasteiger partial charge in [0.05, 0.1) is 11.2 Å². The van der Waals surface area contributed by atoms with E-state index in [2.05, 4.69) is 26.2 Å². The van der Waals surface area contributed by atoms with E-state index in [4.69, 9.17) is 0 Å². The number of benzene rings is 1. The number of rotatable bonds is 4. The molecule has 0 bridgehead atoms. The van der Waals surface area contributed by atoms with E-state index in [1.54, 1.807) is 6.20 Å². The average Bonchev–Trinajstić information content (AvgIpc) is 2.36. The number of para-hydroxylation sites is 1. The largest absolute Gasteiger partial charge is 0.396 e. The summed E-state index contributed by atoms with van der Waals surface area (Å²) in [6, 6.07) is 8.10. The minimum absolute atomic E-state index is 0.141. The van der Waals surface area contributed by atoms with Crippen LogP contribution in [0.5, 0.6) is 0 Å². The lowest BCUT2D eigenvalue weighted by molar-refractivity contribution is 0.171. The van der Waals surface area contributed by atoms with Crippen molar-refractivity contribution in [1.29, 1.82) is 0 Å². The number of aromatic nitrogens is 1. The van der Waals surface area contributed by atoms with Gasteiger partial charge < -0.3 is 10.4 Å². The molecule has 0 aliphatic rings. The van der Waals surface area contributed by atoms with Crippen molar-refractivity contribution < 1.29 is 5.11 Å². The molecule has 3 nitrogen and oxygen atoms in total. The first kappa shape index (κ1) is 13.3. The molecule has 0 atom stereocenters. The molecule has 0 saturated carbocycles. The van der Waals surface area contributed by atoms with Crippen LogP contribution in [0.15, 0.2) is 34.9 Å². The van der Waals surface area contributed by atoms with Crippen LogP contribution in [0.4, 0.5) is 5.69 Å². The van der Waals surface area contributed by atoms with Gasteiger partial charge in [-0.15, -0.1) is 0 Å². The maximum atomic E-state index is 9.26. The van der Waals surface area contributed by atoms with Crippen molar-refractivity contribution in [1.82, 2.24) is 4.98 Å². The molecule has 2 rings (SSSR count). The van der Waals surface area contributed by atoms with Crippen LogP contribution in [-0.2, 0) is 0 Å². The number of nitrogens with zero attached hydrogens (tertiary/aromatic N) is 1. The minimum atomic E-state index is -0.141. The number of pyridine rings is 1. The summed E-state index contributed by atoms with van der Waals surface area (Å²) >= 11 is 3.42. The van der Waals surface area contributed by atoms with E-state index in [9.17, 15) is 5.11 Å². The molecule has 4 heteroatoms. The maximum absolute atomic E-state index is 9.26. The Morgan fingerprint density at radius 2 is 2.17 bits per heavy atom. The first-order valence-corrected chi connectivity index (χ1v) is 6.70. The van der Waals surface area contributed by atoms with E-state index in [1.807, 2.05) is 38.1 Å². The molecular weight excluding hydrogens is 292 g/mol. The van der Waals surface area contributed by atoms with Crippen LogP contribution in [0.2, 0.25) is 0 Å². The third-order valence-electron chi connectivity index (χ3n) is 2.86. The van der Waals surface area contributed by atoms with Gasteiger partial charge in [-0.1, -0.05) is 26.0 Å². The molecule has 18 heavy (non-hydrogen) atoms. The van der Waals surface area contributed by atoms with Gasteiger partial charge in [-0.05, 0) is 28.1 Å². The fraction of sp³-hybridized carbons (Fsp3) is 0.357. The Hall–Kier alpha value is -1.13. The molecule has 96 valence electrons. The van der Waals surface area contributed by atoms with Gasteiger partial charge in [-0.2, -0.15) is 0 Å². The quantitative estimate of drug-likeness (QED) is 0.909. The summed E-state index contributed by atoms with van der Waals surface area (Å²) < 4.78 is 0.975. The summed E-state index contributed by atoms with van der Waals surface area (Å²) in [5.41, 5.74) is 1.81. The number of aliphatic hydroxyl groups excluding tert-OH is 1. The van der Waals surface area contributed by atoms with Crippen molar-refractivity contribution in [3.05, 3.63) is 34.9 Å². The first-order valence-electron chi connectivity index (χ1n) is 5.91. The third-order valence-corrected chi connectivity index (χ3v) is 3.30. The third kappa shape index (κ3) is 3.00. The average molecular weight is 309 g/mol. The molecule has 0 aliphatic heterocycles. The lowest BCUT2D eigenvalue weighted by atomic mass is 9.95. The van der Waals surface area contributed by atoms with E-state index in [-0.39, 0.29) is 12.0 Å². The SMILES string of the molecule is CC(C)(CO)CNc1cccc2cc(Br)cnc12. The van der Waals surface area contributed by atoms with Crippen molar-refractivity contribution in [2.75, 3.05) is 18.5 Å². The highest BCUT2D eigenvalue weighted by Gasteiger charge is 2.16. The van der Waals surface area contributed by atoms with Crippen LogP contribution >= 0.6 is 15.9 Å². The number of hydrogen-bond donors (Lipinski definition) is 2. The molecule has 2 aromatic rings. The van der Waals surface area contributed by atoms with Crippen LogP contribution in [0.3, 0.4) is 0 Å². The van der Waals surface area contributed by atoms with Gasteiger partial charge in [0.1, 0.15) is 0 Å². The van der Waals surface area contributed by atoms with Crippen molar-refractivity contribution in [3.8, 4) is 0 Å². The fourth-order valence-electron chi connectivity index (χ4n) is 1.67. The van der Waals surface area contributed by atoms with Gasteiger partial charge in [-0.3, -0.25) is 4.98 Å². The molecule has 0 spiro atoms. The summed E-state index contributed by atoms with van der Waals surface area (Å²) in [5.74, 6) is 0. The Labute approximate surface area is 115 Å². The zero-order chi connectivity index (χ0) is 13.2. The zero-order valence-corrected chi connectivity index (χ0v) is 12.2. The van der Waals surface area contributed by atoms with Gasteiger partial charge in [-0.25, -0.2) is 0 Å². The van der Waals surface area contributed by atoms with Gasteiger partial charge in [0, 0.05) is 34.6 Å². The lowest BCUT2D eigenvalue weighted by Crippen LogP contribution is -2.26. The maximum Gasteiger partial charge on any atom is 0.0934 e. The van der Waals surface area contributed by atoms with E-state index in [1.165, 1.54) is 0 Å². The fourth-order valence-corrected chi connectivity index (χ4v) is 2.02. The molecule has 0 fully saturated rings. The Balaban J connectivity index is 2.29. The molecule has 1 aromatic heterocycles. The number of fused-ring (bicyclic) bond motifs is 1. The van der Waals surface area contributed by atoms with Crippen LogP contribution in [0.1, 0.15) is 13.8 Å². The summed E-state index contributed by atoms with van der Waals surface area (Å²) in [6.45, 7) is 4.91. The second kappa shape index (κ2) is 5.24. The second-order valence-corrected chi connectivity index (χ2v) is 6.12. The standard InChI is InChI=1S/C14H17BrN2O/c1-14(2,9-18)8-17-12-5-3-4-10-6-11(15)7-16-13(10)12/h3-7,17-18H,8-9H2,1-2H3. The highest BCUT2D eigenvalue weighted by atomic mass is 79.9. The highest BCUT2D eigenvalue weighted by molar-refractivity contribution is 9.10. The smallest absolute Gasteiger partial charge is 0.0934 e. The van der Waals surface area contributed by atoms with E-state index >= 15 is 0 Å². The Bertz CT molecular complexity index is 554. The van der Waals surface area contributed by atoms with Crippen LogP contribution < -0.4 is 5.32 Å². The molecule has 0 saturated heterocycles. The zero-order valence-electron chi connectivity index (χ0n) is 10.6. The lowest BCUT2D eigenvalue weighted by Gasteiger charge is -2.23. The Morgan fingerprint density at radius 1 is 1.39 bits per heavy atom. The minimum Gasteiger partial charge on any atom is -0.396 e. The number of hydrogen-bond acceptors (Lipinski definition) is 3. The second-order valence-electron chi connectivity index (χ2n) is 5.21. The number of aliphatic hydroxyl groups is 1. The predicted molar refractivity (Wildman–Crippen MR) is 78.8 cm³/mol. The van der Waals surface area contributed by atoms with E-state index in [0.29, 0.717) is 6.54 Å². The van der Waals surface area contributed by atoms with Gasteiger partial charge in [0.2, 0.25) is 0 Å². The molecule has 0 unspecified atom stereocenters. The van der Waals surface area contributed by atoms with Crippen LogP contribution in [0.25, 0.3) is 10.9 Å². The Morgan fingerprint density at radius 3 is 2.89 bits per heavy atom. The summed E-state index contributed by atoms with van der Waals surface area (Å²) in [5, 5.41) is 13.7. The molecule has 0 amide bonds. The van der Waals surface area contributed by atoms with Crippen molar-refractivity contribution in [2.24, 2.45) is 5.41 Å². The molecule has 0 aliphatic carbocycles. The molecular formula is C14H17BrN2O. The highest BCUT2D eigenvalue weighted by Crippen LogP contribution is 2.25. The molecule has 2 N–H and O–H groups in total. The van der Waals surface area contributed by atoms with Crippen molar-refractivity contribution >= 4 is 32.5 Å². The normalized spacial score (nSPS) is 11.8. The molecule has 1 heterocycles. The topological polar surface area (TPSA) is 45.1 Å². The van der Waals surface area contributed by atoms with Crippen LogP contribution in [0, 0.1) is 5.41 Å². The van der Waals surface area contributed by atoms with Gasteiger partial charge in [0.15, 0.2) is 0 Å². The first-order chi connectivity index (χ1) is 8.52. The summed E-state index contributed by atoms with van der Waals surface area (Å²) in [6.07, 6.45) is 1.80. The van der Waals surface area contributed by atoms with Crippen molar-refractivity contribution in [3.63, 3.8) is 0 Å². The predicted octanol–water partition coefficient (Wildman–Crippen LogP) is 3.43. The Kier molecular flexibility index (Phi) is 3.88. The van der Waals surface area contributed by atoms with Crippen LogP contribution in [-0.4, -0.2) is 23.2 Å². The van der Waals surface area contributed by atoms with E-state index < -0.39 is 0 Å². The summed E-state index contributed by atoms with van der Waals surface area (Å²) in [7, 11) is 0. The monoisotopic (exact) mass is 308 g/mol. The number of anilines is 1. The van der Waals surface area contributed by atoms with Gasteiger partial charge in [0.25, 0.3) is 0 Å². The number of halogens is 1. The molecule has 0 radical (unpaired) electrons. The van der Waals surface area contributed by atoms with Crippen molar-refractivity contribution in [2.45, 2.75) is 13.8 Å². The summed E-state index contributed by atoms with van der Waals surface area (Å²) in [4.78, 5) is 4.44. The van der Waals surface area contributed by atoms with E-state index in [0.717, 1.165) is 21.1 Å². The number of nitrogens with one attached hydrogen (secondary N) is 1. The van der Waals surface area contributed by atoms with Gasteiger partial charge >= 0.3 is 0 Å².